The fourth-order valence-corrected chi connectivity index (χ4v) is 4.34. The van der Waals surface area contributed by atoms with Gasteiger partial charge in [-0.15, -0.1) is 11.8 Å². The number of carbonyl (C=O) groups is 1. The first-order valence-electron chi connectivity index (χ1n) is 9.75. The minimum absolute atomic E-state index is 0.266. The second-order valence-electron chi connectivity index (χ2n) is 7.26. The van der Waals surface area contributed by atoms with Crippen molar-refractivity contribution in [1.29, 1.82) is 0 Å². The number of ether oxygens (including phenoxy) is 2. The average molecular weight is 399 g/mol. The molecule has 0 spiro atoms. The van der Waals surface area contributed by atoms with Gasteiger partial charge in [0.2, 0.25) is 12.7 Å². The van der Waals surface area contributed by atoms with Crippen LogP contribution in [0.5, 0.6) is 11.5 Å². The SMILES string of the molecule is Cc1ccc(SCCC(=O)N2CCN(Cc3ccc4c(c3)OCO4)CC2)cc1. The Hall–Kier alpha value is -2.18. The minimum Gasteiger partial charge on any atom is -0.454 e. The second-order valence-corrected chi connectivity index (χ2v) is 8.42. The normalized spacial score (nSPS) is 16.4. The van der Waals surface area contributed by atoms with Crippen LogP contribution in [-0.2, 0) is 11.3 Å². The number of fused-ring (bicyclic) bond motifs is 1. The van der Waals surface area contributed by atoms with Crippen LogP contribution in [0.2, 0.25) is 0 Å². The summed E-state index contributed by atoms with van der Waals surface area (Å²) >= 11 is 1.75. The summed E-state index contributed by atoms with van der Waals surface area (Å²) in [6.45, 7) is 6.70. The highest BCUT2D eigenvalue weighted by Crippen LogP contribution is 2.32. The van der Waals surface area contributed by atoms with E-state index in [2.05, 4.69) is 48.2 Å². The number of aryl methyl sites for hydroxylation is 1. The number of rotatable bonds is 6. The molecule has 0 bridgehead atoms. The molecule has 4 rings (SSSR count). The van der Waals surface area contributed by atoms with Crippen LogP contribution in [0.3, 0.4) is 0 Å². The molecule has 0 saturated carbocycles. The zero-order valence-electron chi connectivity index (χ0n) is 16.2. The van der Waals surface area contributed by atoms with Crippen molar-refractivity contribution in [3.8, 4) is 11.5 Å². The number of carbonyl (C=O) groups excluding carboxylic acids is 1. The minimum atomic E-state index is 0.266. The Kier molecular flexibility index (Phi) is 6.07. The number of amides is 1. The van der Waals surface area contributed by atoms with Crippen molar-refractivity contribution >= 4 is 17.7 Å². The Labute approximate surface area is 170 Å². The fourth-order valence-electron chi connectivity index (χ4n) is 3.50. The van der Waals surface area contributed by atoms with Gasteiger partial charge in [-0.1, -0.05) is 23.8 Å². The molecular formula is C22H26N2O3S. The third kappa shape index (κ3) is 4.80. The summed E-state index contributed by atoms with van der Waals surface area (Å²) in [5.41, 5.74) is 2.48. The molecular weight excluding hydrogens is 372 g/mol. The lowest BCUT2D eigenvalue weighted by Crippen LogP contribution is -2.48. The Morgan fingerprint density at radius 2 is 1.75 bits per heavy atom. The Balaban J connectivity index is 1.19. The summed E-state index contributed by atoms with van der Waals surface area (Å²) in [7, 11) is 0. The van der Waals surface area contributed by atoms with Crippen LogP contribution in [-0.4, -0.2) is 54.4 Å². The van der Waals surface area contributed by atoms with Gasteiger partial charge >= 0.3 is 0 Å². The number of thioether (sulfide) groups is 1. The zero-order chi connectivity index (χ0) is 19.3. The van der Waals surface area contributed by atoms with Crippen molar-refractivity contribution in [2.24, 2.45) is 0 Å². The lowest BCUT2D eigenvalue weighted by atomic mass is 10.1. The average Bonchev–Trinajstić information content (AvgIpc) is 3.18. The molecule has 1 saturated heterocycles. The monoisotopic (exact) mass is 398 g/mol. The van der Waals surface area contributed by atoms with Gasteiger partial charge in [0.1, 0.15) is 0 Å². The Morgan fingerprint density at radius 1 is 1.00 bits per heavy atom. The molecule has 1 amide bonds. The lowest BCUT2D eigenvalue weighted by molar-refractivity contribution is -0.132. The quantitative estimate of drug-likeness (QED) is 0.696. The fraction of sp³-hybridized carbons (Fsp3) is 0.409. The zero-order valence-corrected chi connectivity index (χ0v) is 17.0. The van der Waals surface area contributed by atoms with E-state index >= 15 is 0 Å². The van der Waals surface area contributed by atoms with Gasteiger partial charge in [0, 0.05) is 49.8 Å². The number of benzene rings is 2. The first-order valence-corrected chi connectivity index (χ1v) is 10.7. The molecule has 0 aromatic heterocycles. The van der Waals surface area contributed by atoms with Gasteiger partial charge in [0.15, 0.2) is 11.5 Å². The molecule has 1 fully saturated rings. The molecule has 6 heteroatoms. The molecule has 0 atom stereocenters. The molecule has 2 aliphatic rings. The third-order valence-corrected chi connectivity index (χ3v) is 6.19. The van der Waals surface area contributed by atoms with Crippen LogP contribution < -0.4 is 9.47 Å². The van der Waals surface area contributed by atoms with Gasteiger partial charge in [-0.25, -0.2) is 0 Å². The largest absolute Gasteiger partial charge is 0.454 e. The van der Waals surface area contributed by atoms with Gasteiger partial charge in [0.25, 0.3) is 0 Å². The maximum Gasteiger partial charge on any atom is 0.231 e. The van der Waals surface area contributed by atoms with E-state index in [1.165, 1.54) is 16.0 Å². The van der Waals surface area contributed by atoms with E-state index in [0.29, 0.717) is 13.2 Å². The smallest absolute Gasteiger partial charge is 0.231 e. The van der Waals surface area contributed by atoms with E-state index in [1.807, 2.05) is 11.0 Å². The van der Waals surface area contributed by atoms with Crippen molar-refractivity contribution in [3.05, 3.63) is 53.6 Å². The standard InChI is InChI=1S/C22H26N2O3S/c1-17-2-5-19(6-3-17)28-13-8-22(25)24-11-9-23(10-12-24)15-18-4-7-20-21(14-18)27-16-26-20/h2-7,14H,8-13,15-16H2,1H3. The number of nitrogens with zero attached hydrogens (tertiary/aromatic N) is 2. The number of hydrogen-bond donors (Lipinski definition) is 0. The van der Waals surface area contributed by atoms with Gasteiger partial charge in [0.05, 0.1) is 0 Å². The predicted octanol–water partition coefficient (Wildman–Crippen LogP) is 3.55. The molecule has 2 aromatic rings. The van der Waals surface area contributed by atoms with Crippen LogP contribution in [0.4, 0.5) is 0 Å². The molecule has 2 heterocycles. The van der Waals surface area contributed by atoms with Gasteiger partial charge in [-0.05, 0) is 36.8 Å². The van der Waals surface area contributed by atoms with E-state index in [0.717, 1.165) is 50.0 Å². The van der Waals surface area contributed by atoms with Gasteiger partial charge in [-0.2, -0.15) is 0 Å². The number of piperazine rings is 1. The van der Waals surface area contributed by atoms with Crippen molar-refractivity contribution < 1.29 is 14.3 Å². The number of hydrogen-bond acceptors (Lipinski definition) is 5. The van der Waals surface area contributed by atoms with Crippen molar-refractivity contribution in [2.75, 3.05) is 38.7 Å². The van der Waals surface area contributed by atoms with Gasteiger partial charge < -0.3 is 14.4 Å². The first kappa shape index (κ1) is 19.2. The first-order chi connectivity index (χ1) is 13.7. The van der Waals surface area contributed by atoms with E-state index in [1.54, 1.807) is 11.8 Å². The van der Waals surface area contributed by atoms with Gasteiger partial charge in [-0.3, -0.25) is 9.69 Å². The van der Waals surface area contributed by atoms with Crippen LogP contribution in [0.15, 0.2) is 47.4 Å². The summed E-state index contributed by atoms with van der Waals surface area (Å²) in [5, 5.41) is 0. The Morgan fingerprint density at radius 3 is 2.54 bits per heavy atom. The van der Waals surface area contributed by atoms with E-state index in [-0.39, 0.29) is 5.91 Å². The molecule has 5 nitrogen and oxygen atoms in total. The molecule has 0 radical (unpaired) electrons. The maximum absolute atomic E-state index is 12.5. The summed E-state index contributed by atoms with van der Waals surface area (Å²) in [6.07, 6.45) is 0.598. The highest BCUT2D eigenvalue weighted by molar-refractivity contribution is 7.99. The Bertz CT molecular complexity index is 817. The van der Waals surface area contributed by atoms with Crippen molar-refractivity contribution in [3.63, 3.8) is 0 Å². The highest BCUT2D eigenvalue weighted by Gasteiger charge is 2.21. The van der Waals surface area contributed by atoms with Crippen molar-refractivity contribution in [2.45, 2.75) is 24.8 Å². The van der Waals surface area contributed by atoms with E-state index in [4.69, 9.17) is 9.47 Å². The van der Waals surface area contributed by atoms with Crippen LogP contribution in [0.1, 0.15) is 17.5 Å². The predicted molar refractivity (Wildman–Crippen MR) is 111 cm³/mol. The molecule has 2 aromatic carbocycles. The molecule has 0 N–H and O–H groups in total. The summed E-state index contributed by atoms with van der Waals surface area (Å²) in [5.74, 6) is 2.75. The van der Waals surface area contributed by atoms with Crippen molar-refractivity contribution in [1.82, 2.24) is 9.80 Å². The highest BCUT2D eigenvalue weighted by atomic mass is 32.2. The molecule has 2 aliphatic heterocycles. The van der Waals surface area contributed by atoms with E-state index in [9.17, 15) is 4.79 Å². The lowest BCUT2D eigenvalue weighted by Gasteiger charge is -2.34. The summed E-state index contributed by atoms with van der Waals surface area (Å²) in [4.78, 5) is 18.1. The van der Waals surface area contributed by atoms with Crippen LogP contribution in [0.25, 0.3) is 0 Å². The maximum atomic E-state index is 12.5. The van der Waals surface area contributed by atoms with Crippen LogP contribution in [0, 0.1) is 6.92 Å². The van der Waals surface area contributed by atoms with E-state index < -0.39 is 0 Å². The summed E-state index contributed by atoms with van der Waals surface area (Å²) in [6, 6.07) is 14.6. The molecule has 0 unspecified atom stereocenters. The topological polar surface area (TPSA) is 42.0 Å². The molecule has 28 heavy (non-hydrogen) atoms. The molecule has 148 valence electrons. The second kappa shape index (κ2) is 8.88. The molecule has 0 aliphatic carbocycles. The van der Waals surface area contributed by atoms with Crippen LogP contribution >= 0.6 is 11.8 Å². The summed E-state index contributed by atoms with van der Waals surface area (Å²) < 4.78 is 10.8. The third-order valence-electron chi connectivity index (χ3n) is 5.17.